The van der Waals surface area contributed by atoms with Crippen LogP contribution in [-0.2, 0) is 6.18 Å². The van der Waals surface area contributed by atoms with Gasteiger partial charge in [0.05, 0.1) is 11.3 Å². The Morgan fingerprint density at radius 2 is 1.88 bits per heavy atom. The Kier molecular flexibility index (Phi) is 4.45. The third kappa shape index (κ3) is 3.97. The molecule has 0 aliphatic carbocycles. The van der Waals surface area contributed by atoms with Gasteiger partial charge in [-0.05, 0) is 42.6 Å². The van der Waals surface area contributed by atoms with Gasteiger partial charge in [0.2, 0.25) is 0 Å². The van der Waals surface area contributed by atoms with Crippen molar-refractivity contribution < 1.29 is 22.5 Å². The molecule has 0 aliphatic rings. The molecule has 3 rings (SSSR count). The van der Waals surface area contributed by atoms with Crippen molar-refractivity contribution >= 4 is 28.7 Å². The van der Waals surface area contributed by atoms with Crippen LogP contribution in [0.4, 0.5) is 29.3 Å². The first-order chi connectivity index (χ1) is 11.8. The average Bonchev–Trinajstić information content (AvgIpc) is 3.15. The zero-order chi connectivity index (χ0) is 18.0. The molecular formula is C15H11F3N4O2S. The molecule has 0 atom stereocenters. The van der Waals surface area contributed by atoms with E-state index in [1.165, 1.54) is 23.5 Å². The second kappa shape index (κ2) is 6.55. The molecular weight excluding hydrogens is 357 g/mol. The van der Waals surface area contributed by atoms with Crippen LogP contribution in [0.15, 0.2) is 40.2 Å². The number of hydrogen-bond donors (Lipinski definition) is 2. The van der Waals surface area contributed by atoms with Crippen molar-refractivity contribution in [1.82, 2.24) is 10.1 Å². The molecule has 0 saturated carbocycles. The van der Waals surface area contributed by atoms with Crippen LogP contribution < -0.4 is 10.6 Å². The van der Waals surface area contributed by atoms with Crippen molar-refractivity contribution in [2.24, 2.45) is 0 Å². The molecule has 0 fully saturated rings. The van der Waals surface area contributed by atoms with Gasteiger partial charge in [0.15, 0.2) is 5.82 Å². The summed E-state index contributed by atoms with van der Waals surface area (Å²) in [5.41, 5.74) is -0.0979. The van der Waals surface area contributed by atoms with Crippen LogP contribution in [-0.4, -0.2) is 16.2 Å². The van der Waals surface area contributed by atoms with Crippen molar-refractivity contribution in [2.45, 2.75) is 13.1 Å². The summed E-state index contributed by atoms with van der Waals surface area (Å²) in [6.45, 7) is 1.67. The lowest BCUT2D eigenvalue weighted by molar-refractivity contribution is -0.137. The minimum atomic E-state index is -4.42. The first-order valence-electron chi connectivity index (χ1n) is 6.96. The van der Waals surface area contributed by atoms with Gasteiger partial charge in [-0.25, -0.2) is 4.79 Å². The van der Waals surface area contributed by atoms with Gasteiger partial charge in [0, 0.05) is 5.69 Å². The molecule has 10 heteroatoms. The molecule has 0 bridgehead atoms. The van der Waals surface area contributed by atoms with Crippen molar-refractivity contribution in [3.63, 3.8) is 0 Å². The average molecular weight is 368 g/mol. The molecule has 0 aliphatic heterocycles. The second-order valence-electron chi connectivity index (χ2n) is 4.96. The van der Waals surface area contributed by atoms with Crippen molar-refractivity contribution in [3.05, 3.63) is 47.1 Å². The van der Waals surface area contributed by atoms with Crippen molar-refractivity contribution in [3.8, 4) is 10.8 Å². The Hall–Kier alpha value is -2.88. The van der Waals surface area contributed by atoms with E-state index < -0.39 is 17.8 Å². The van der Waals surface area contributed by atoms with Gasteiger partial charge in [0.1, 0.15) is 4.88 Å². The number of carbonyl (C=O) groups excluding carboxylic acids is 1. The first-order valence-corrected chi connectivity index (χ1v) is 7.84. The van der Waals surface area contributed by atoms with Gasteiger partial charge >= 0.3 is 12.2 Å². The molecule has 3 aromatic rings. The highest BCUT2D eigenvalue weighted by Crippen LogP contribution is 2.33. The number of thiophene rings is 1. The number of amides is 2. The number of nitrogens with zero attached hydrogens (tertiary/aromatic N) is 2. The largest absolute Gasteiger partial charge is 0.416 e. The molecule has 0 spiro atoms. The van der Waals surface area contributed by atoms with E-state index in [2.05, 4.69) is 20.8 Å². The quantitative estimate of drug-likeness (QED) is 0.698. The Balaban J connectivity index is 1.69. The fraction of sp³-hybridized carbons (Fsp3) is 0.133. The minimum Gasteiger partial charge on any atom is -0.333 e. The van der Waals surface area contributed by atoms with Gasteiger partial charge in [-0.1, -0.05) is 5.16 Å². The van der Waals surface area contributed by atoms with Crippen LogP contribution in [0.5, 0.6) is 0 Å². The van der Waals surface area contributed by atoms with Gasteiger partial charge in [-0.2, -0.15) is 18.2 Å². The van der Waals surface area contributed by atoms with Crippen LogP contribution >= 0.6 is 11.3 Å². The number of anilines is 2. The lowest BCUT2D eigenvalue weighted by Gasteiger charge is -2.09. The summed E-state index contributed by atoms with van der Waals surface area (Å²) in [5.74, 6) is 0.737. The standard InChI is InChI=1S/C15H11F3N4O2S/c1-8-19-13(24-22-8)12-11(6-7-25-12)21-14(23)20-10-4-2-9(3-5-10)15(16,17)18/h2-7H,1H3,(H2,20,21,23). The Morgan fingerprint density at radius 3 is 2.48 bits per heavy atom. The van der Waals surface area contributed by atoms with E-state index in [1.807, 2.05) is 0 Å². The fourth-order valence-corrected chi connectivity index (χ4v) is 2.76. The summed E-state index contributed by atoms with van der Waals surface area (Å²) in [6, 6.07) is 5.21. The molecule has 130 valence electrons. The van der Waals surface area contributed by atoms with Crippen molar-refractivity contribution in [2.75, 3.05) is 10.6 Å². The summed E-state index contributed by atoms with van der Waals surface area (Å²) < 4.78 is 42.6. The lowest BCUT2D eigenvalue weighted by atomic mass is 10.2. The Morgan fingerprint density at radius 1 is 1.16 bits per heavy atom. The number of aromatic nitrogens is 2. The number of alkyl halides is 3. The second-order valence-corrected chi connectivity index (χ2v) is 5.88. The maximum absolute atomic E-state index is 12.5. The third-order valence-corrected chi connectivity index (χ3v) is 4.01. The topological polar surface area (TPSA) is 80.0 Å². The number of carbonyl (C=O) groups is 1. The minimum absolute atomic E-state index is 0.232. The number of halogens is 3. The highest BCUT2D eigenvalue weighted by Gasteiger charge is 2.30. The zero-order valence-electron chi connectivity index (χ0n) is 12.7. The van der Waals surface area contributed by atoms with Crippen LogP contribution in [0.2, 0.25) is 0 Å². The van der Waals surface area contributed by atoms with Gasteiger partial charge < -0.3 is 15.2 Å². The van der Waals surface area contributed by atoms with Crippen LogP contribution in [0.1, 0.15) is 11.4 Å². The highest BCUT2D eigenvalue weighted by molar-refractivity contribution is 7.14. The van der Waals surface area contributed by atoms with E-state index in [4.69, 9.17) is 4.52 Å². The number of hydrogen-bond acceptors (Lipinski definition) is 5. The third-order valence-electron chi connectivity index (χ3n) is 3.11. The normalized spacial score (nSPS) is 11.4. The Labute approximate surface area is 143 Å². The maximum Gasteiger partial charge on any atom is 0.416 e. The predicted octanol–water partition coefficient (Wildman–Crippen LogP) is 4.77. The molecule has 2 aromatic heterocycles. The molecule has 25 heavy (non-hydrogen) atoms. The van der Waals surface area contributed by atoms with E-state index >= 15 is 0 Å². The monoisotopic (exact) mass is 368 g/mol. The number of nitrogens with one attached hydrogen (secondary N) is 2. The SMILES string of the molecule is Cc1noc(-c2sccc2NC(=O)Nc2ccc(C(F)(F)F)cc2)n1. The van der Waals surface area contributed by atoms with Crippen LogP contribution in [0.25, 0.3) is 10.8 Å². The van der Waals surface area contributed by atoms with Crippen molar-refractivity contribution in [1.29, 1.82) is 0 Å². The number of aryl methyl sites for hydroxylation is 1. The molecule has 0 radical (unpaired) electrons. The van der Waals surface area contributed by atoms with E-state index in [0.29, 0.717) is 16.4 Å². The molecule has 0 saturated heterocycles. The van der Waals surface area contributed by atoms with E-state index in [9.17, 15) is 18.0 Å². The van der Waals surface area contributed by atoms with Gasteiger partial charge in [-0.3, -0.25) is 0 Å². The number of benzene rings is 1. The molecule has 6 nitrogen and oxygen atoms in total. The predicted molar refractivity (Wildman–Crippen MR) is 86.4 cm³/mol. The van der Waals surface area contributed by atoms with Gasteiger partial charge in [-0.15, -0.1) is 11.3 Å². The zero-order valence-corrected chi connectivity index (χ0v) is 13.5. The van der Waals surface area contributed by atoms with Crippen LogP contribution in [0, 0.1) is 6.92 Å². The summed E-state index contributed by atoms with van der Waals surface area (Å²) in [5, 5.41) is 10.5. The smallest absolute Gasteiger partial charge is 0.333 e. The van der Waals surface area contributed by atoms with E-state index in [0.717, 1.165) is 12.1 Å². The number of rotatable bonds is 3. The summed E-state index contributed by atoms with van der Waals surface area (Å²) in [6.07, 6.45) is -4.42. The van der Waals surface area contributed by atoms with E-state index in [1.54, 1.807) is 18.4 Å². The molecule has 2 heterocycles. The molecule has 2 amide bonds. The maximum atomic E-state index is 12.5. The summed E-state index contributed by atoms with van der Waals surface area (Å²) in [7, 11) is 0. The Bertz CT molecular complexity index is 887. The van der Waals surface area contributed by atoms with Gasteiger partial charge in [0.25, 0.3) is 5.89 Å². The highest BCUT2D eigenvalue weighted by atomic mass is 32.1. The van der Waals surface area contributed by atoms with E-state index in [-0.39, 0.29) is 11.6 Å². The lowest BCUT2D eigenvalue weighted by Crippen LogP contribution is -2.19. The summed E-state index contributed by atoms with van der Waals surface area (Å²) >= 11 is 1.31. The number of urea groups is 1. The molecule has 2 N–H and O–H groups in total. The fourth-order valence-electron chi connectivity index (χ4n) is 1.99. The summed E-state index contributed by atoms with van der Waals surface area (Å²) in [4.78, 5) is 16.7. The first kappa shape index (κ1) is 17.0. The molecule has 1 aromatic carbocycles. The van der Waals surface area contributed by atoms with Crippen LogP contribution in [0.3, 0.4) is 0 Å². The molecule has 0 unspecified atom stereocenters.